The molecule has 5 rings (SSSR count). The van der Waals surface area contributed by atoms with Gasteiger partial charge in [0.2, 0.25) is 17.7 Å². The molecule has 1 saturated heterocycles. The minimum Gasteiger partial charge on any atom is -0.438 e. The van der Waals surface area contributed by atoms with Crippen molar-refractivity contribution >= 4 is 23.2 Å². The van der Waals surface area contributed by atoms with E-state index in [1.807, 2.05) is 22.4 Å². The van der Waals surface area contributed by atoms with Crippen molar-refractivity contribution in [1.82, 2.24) is 14.9 Å². The van der Waals surface area contributed by atoms with Gasteiger partial charge in [-0.15, -0.1) is 11.3 Å². The third-order valence-electron chi connectivity index (χ3n) is 6.35. The van der Waals surface area contributed by atoms with E-state index in [-0.39, 0.29) is 11.7 Å². The van der Waals surface area contributed by atoms with Crippen LogP contribution >= 0.6 is 11.3 Å². The van der Waals surface area contributed by atoms with E-state index >= 15 is 0 Å². The highest BCUT2D eigenvalue weighted by molar-refractivity contribution is 7.10. The zero-order valence-electron chi connectivity index (χ0n) is 18.7. The molecule has 0 atom stereocenters. The van der Waals surface area contributed by atoms with Gasteiger partial charge in [0.25, 0.3) is 0 Å². The molecule has 0 bridgehead atoms. The number of hydrogen-bond donors (Lipinski definition) is 0. The van der Waals surface area contributed by atoms with Gasteiger partial charge >= 0.3 is 0 Å². The predicted octanol–water partition coefficient (Wildman–Crippen LogP) is 4.83. The minimum atomic E-state index is -0.367. The SMILES string of the molecule is CC1CCN(c2nc3c(c(Oc4cccc(F)c4)n2)CN(C(=O)Cc2cccs2)CC3)CC1. The van der Waals surface area contributed by atoms with Crippen LogP contribution in [0, 0.1) is 11.7 Å². The topological polar surface area (TPSA) is 58.6 Å². The second-order valence-electron chi connectivity index (χ2n) is 8.80. The maximum atomic E-state index is 13.8. The summed E-state index contributed by atoms with van der Waals surface area (Å²) in [5.74, 6) is 1.86. The number of rotatable bonds is 5. The van der Waals surface area contributed by atoms with Crippen molar-refractivity contribution in [3.05, 3.63) is 63.7 Å². The third kappa shape index (κ3) is 5.00. The van der Waals surface area contributed by atoms with Crippen LogP contribution in [0.25, 0.3) is 0 Å². The highest BCUT2D eigenvalue weighted by atomic mass is 32.1. The molecule has 2 aliphatic heterocycles. The third-order valence-corrected chi connectivity index (χ3v) is 7.22. The van der Waals surface area contributed by atoms with Gasteiger partial charge in [0, 0.05) is 37.0 Å². The van der Waals surface area contributed by atoms with Crippen LogP contribution in [-0.4, -0.2) is 40.4 Å². The summed E-state index contributed by atoms with van der Waals surface area (Å²) >= 11 is 1.59. The van der Waals surface area contributed by atoms with Crippen molar-refractivity contribution in [2.45, 2.75) is 39.2 Å². The number of fused-ring (bicyclic) bond motifs is 1. The summed E-state index contributed by atoms with van der Waals surface area (Å²) < 4.78 is 19.9. The van der Waals surface area contributed by atoms with Gasteiger partial charge < -0.3 is 14.5 Å². The summed E-state index contributed by atoms with van der Waals surface area (Å²) in [6.07, 6.45) is 3.24. The molecule has 0 spiro atoms. The average Bonchev–Trinajstić information content (AvgIpc) is 3.32. The molecule has 4 heterocycles. The first kappa shape index (κ1) is 21.8. The predicted molar refractivity (Wildman–Crippen MR) is 126 cm³/mol. The zero-order valence-corrected chi connectivity index (χ0v) is 19.5. The van der Waals surface area contributed by atoms with Crippen LogP contribution in [0.3, 0.4) is 0 Å². The second-order valence-corrected chi connectivity index (χ2v) is 9.84. The van der Waals surface area contributed by atoms with Gasteiger partial charge in [-0.05, 0) is 42.3 Å². The Kier molecular flexibility index (Phi) is 6.26. The Morgan fingerprint density at radius 3 is 2.79 bits per heavy atom. The number of benzene rings is 1. The number of carbonyl (C=O) groups excluding carboxylic acids is 1. The van der Waals surface area contributed by atoms with E-state index in [9.17, 15) is 9.18 Å². The number of thiophene rings is 1. The van der Waals surface area contributed by atoms with Gasteiger partial charge in [0.1, 0.15) is 11.6 Å². The molecule has 3 aromatic rings. The molecule has 0 unspecified atom stereocenters. The monoisotopic (exact) mass is 466 g/mol. The first-order valence-corrected chi connectivity index (χ1v) is 12.3. The lowest BCUT2D eigenvalue weighted by atomic mass is 9.99. The fourth-order valence-corrected chi connectivity index (χ4v) is 5.03. The Labute approximate surface area is 197 Å². The molecule has 0 N–H and O–H groups in total. The van der Waals surface area contributed by atoms with E-state index in [4.69, 9.17) is 14.7 Å². The van der Waals surface area contributed by atoms with Crippen molar-refractivity contribution < 1.29 is 13.9 Å². The van der Waals surface area contributed by atoms with E-state index < -0.39 is 0 Å². The van der Waals surface area contributed by atoms with Crippen LogP contribution < -0.4 is 9.64 Å². The van der Waals surface area contributed by atoms with Crippen LogP contribution in [0.5, 0.6) is 11.6 Å². The van der Waals surface area contributed by atoms with Crippen LogP contribution in [0.1, 0.15) is 35.9 Å². The Morgan fingerprint density at radius 2 is 2.03 bits per heavy atom. The van der Waals surface area contributed by atoms with Gasteiger partial charge in [-0.3, -0.25) is 4.79 Å². The summed E-state index contributed by atoms with van der Waals surface area (Å²) in [6.45, 7) is 5.09. The average molecular weight is 467 g/mol. The Bertz CT molecular complexity index is 1130. The van der Waals surface area contributed by atoms with Gasteiger partial charge in [0.05, 0.1) is 24.2 Å². The number of carbonyl (C=O) groups is 1. The van der Waals surface area contributed by atoms with E-state index in [0.29, 0.717) is 49.4 Å². The van der Waals surface area contributed by atoms with Crippen molar-refractivity contribution in [3.63, 3.8) is 0 Å². The molecular formula is C25H27FN4O2S. The molecular weight excluding hydrogens is 439 g/mol. The number of halogens is 1. The number of hydrogen-bond acceptors (Lipinski definition) is 6. The normalized spacial score (nSPS) is 16.5. The molecule has 33 heavy (non-hydrogen) atoms. The number of aromatic nitrogens is 2. The first-order chi connectivity index (χ1) is 16.0. The van der Waals surface area contributed by atoms with E-state index in [2.05, 4.69) is 11.8 Å². The zero-order chi connectivity index (χ0) is 22.8. The first-order valence-electron chi connectivity index (χ1n) is 11.4. The molecule has 0 saturated carbocycles. The number of anilines is 1. The summed E-state index contributed by atoms with van der Waals surface area (Å²) in [4.78, 5) is 27.7. The van der Waals surface area contributed by atoms with E-state index in [0.717, 1.165) is 42.1 Å². The minimum absolute atomic E-state index is 0.0777. The van der Waals surface area contributed by atoms with Crippen molar-refractivity contribution in [2.75, 3.05) is 24.5 Å². The highest BCUT2D eigenvalue weighted by Gasteiger charge is 2.28. The lowest BCUT2D eigenvalue weighted by Gasteiger charge is -2.33. The molecule has 1 aromatic carbocycles. The molecule has 1 fully saturated rings. The second kappa shape index (κ2) is 9.47. The van der Waals surface area contributed by atoms with Gasteiger partial charge in [-0.2, -0.15) is 4.98 Å². The van der Waals surface area contributed by atoms with Gasteiger partial charge in [0.15, 0.2) is 0 Å². The standard InChI is InChI=1S/C25H27FN4O2S/c1-17-7-10-29(11-8-17)25-27-22-9-12-30(23(31)15-20-6-3-13-33-20)16-21(22)24(28-25)32-19-5-2-4-18(26)14-19/h2-6,13-14,17H,7-12,15-16H2,1H3. The molecule has 6 nitrogen and oxygen atoms in total. The smallest absolute Gasteiger partial charge is 0.229 e. The molecule has 172 valence electrons. The Balaban J connectivity index is 1.44. The molecule has 0 radical (unpaired) electrons. The van der Waals surface area contributed by atoms with Crippen molar-refractivity contribution in [3.8, 4) is 11.6 Å². The number of ether oxygens (including phenoxy) is 1. The summed E-state index contributed by atoms with van der Waals surface area (Å²) in [5.41, 5.74) is 1.71. The largest absolute Gasteiger partial charge is 0.438 e. The fourth-order valence-electron chi connectivity index (χ4n) is 4.33. The van der Waals surface area contributed by atoms with E-state index in [1.165, 1.54) is 12.1 Å². The van der Waals surface area contributed by atoms with Crippen molar-refractivity contribution in [1.29, 1.82) is 0 Å². The Hall–Kier alpha value is -3.00. The number of nitrogens with zero attached hydrogens (tertiary/aromatic N) is 4. The molecule has 1 amide bonds. The summed E-state index contributed by atoms with van der Waals surface area (Å²) in [5, 5.41) is 1.98. The molecule has 2 aromatic heterocycles. The molecule has 2 aliphatic rings. The van der Waals surface area contributed by atoms with Crippen LogP contribution in [-0.2, 0) is 24.2 Å². The van der Waals surface area contributed by atoms with E-state index in [1.54, 1.807) is 23.5 Å². The van der Waals surface area contributed by atoms with Gasteiger partial charge in [-0.1, -0.05) is 19.1 Å². The van der Waals surface area contributed by atoms with Crippen LogP contribution in [0.15, 0.2) is 41.8 Å². The number of amides is 1. The highest BCUT2D eigenvalue weighted by Crippen LogP contribution is 2.33. The molecule has 8 heteroatoms. The summed E-state index contributed by atoms with van der Waals surface area (Å²) in [6, 6.07) is 9.99. The lowest BCUT2D eigenvalue weighted by molar-refractivity contribution is -0.131. The Morgan fingerprint density at radius 1 is 1.18 bits per heavy atom. The summed E-state index contributed by atoms with van der Waals surface area (Å²) in [7, 11) is 0. The van der Waals surface area contributed by atoms with Gasteiger partial charge in [-0.25, -0.2) is 9.37 Å². The van der Waals surface area contributed by atoms with Crippen molar-refractivity contribution in [2.24, 2.45) is 5.92 Å². The maximum absolute atomic E-state index is 13.8. The quantitative estimate of drug-likeness (QED) is 0.539. The molecule has 0 aliphatic carbocycles. The lowest BCUT2D eigenvalue weighted by Crippen LogP contribution is -2.38. The number of piperidine rings is 1. The van der Waals surface area contributed by atoms with Crippen LogP contribution in [0.4, 0.5) is 10.3 Å². The fraction of sp³-hybridized carbons (Fsp3) is 0.400. The maximum Gasteiger partial charge on any atom is 0.229 e. The van der Waals surface area contributed by atoms with Crippen LogP contribution in [0.2, 0.25) is 0 Å².